The maximum atomic E-state index is 12.1. The largest absolute Gasteiger partial charge is 0.493 e. The molecule has 0 saturated carbocycles. The fraction of sp³-hybridized carbons (Fsp3) is 0.148. The Balaban J connectivity index is 1.53. The van der Waals surface area contributed by atoms with Gasteiger partial charge in [0.15, 0.2) is 0 Å². The first-order valence-corrected chi connectivity index (χ1v) is 10.3. The van der Waals surface area contributed by atoms with E-state index in [1.54, 1.807) is 0 Å². The van der Waals surface area contributed by atoms with E-state index < -0.39 is 0 Å². The van der Waals surface area contributed by atoms with Gasteiger partial charge in [-0.15, -0.1) is 0 Å². The van der Waals surface area contributed by atoms with Crippen LogP contribution in [0.3, 0.4) is 0 Å². The van der Waals surface area contributed by atoms with Crippen LogP contribution in [0, 0.1) is 0 Å². The Morgan fingerprint density at radius 2 is 1.32 bits per heavy atom. The minimum Gasteiger partial charge on any atom is -0.493 e. The number of hydrogen-bond donors (Lipinski definition) is 0. The molecule has 0 N–H and O–H groups in total. The quantitative estimate of drug-likeness (QED) is 0.354. The predicted octanol–water partition coefficient (Wildman–Crippen LogP) is 5.62. The van der Waals surface area contributed by atoms with Crippen molar-refractivity contribution in [3.05, 3.63) is 103 Å². The lowest BCUT2D eigenvalue weighted by Crippen LogP contribution is -2.13. The summed E-state index contributed by atoms with van der Waals surface area (Å²) < 4.78 is 12.8. The third-order valence-corrected chi connectivity index (χ3v) is 5.22. The number of rotatable bonds is 8. The third kappa shape index (κ3) is 5.04. The van der Waals surface area contributed by atoms with E-state index in [0.717, 1.165) is 34.7 Å². The van der Waals surface area contributed by atoms with Crippen LogP contribution >= 0.6 is 0 Å². The molecule has 0 aliphatic rings. The summed E-state index contributed by atoms with van der Waals surface area (Å²) in [6.07, 6.45) is 0.866. The van der Waals surface area contributed by atoms with Crippen LogP contribution in [0.5, 0.6) is 5.75 Å². The lowest BCUT2D eigenvalue weighted by Gasteiger charge is -2.13. The molecular weight excluding hydrogens is 386 g/mol. The van der Waals surface area contributed by atoms with Crippen LogP contribution in [-0.4, -0.2) is 24.3 Å². The number of carbonyl (C=O) groups excluding carboxylic acids is 1. The Labute approximate surface area is 182 Å². The van der Waals surface area contributed by atoms with E-state index in [-0.39, 0.29) is 12.5 Å². The molecule has 0 bridgehead atoms. The highest BCUT2D eigenvalue weighted by atomic mass is 16.5. The molecule has 4 heteroatoms. The smallest absolute Gasteiger partial charge is 0.325 e. The molecule has 0 atom stereocenters. The monoisotopic (exact) mass is 411 g/mol. The minimum absolute atomic E-state index is 0.151. The molecule has 156 valence electrons. The average molecular weight is 412 g/mol. The summed E-state index contributed by atoms with van der Waals surface area (Å²) in [4.78, 5) is 12.1. The maximum Gasteiger partial charge on any atom is 0.325 e. The van der Waals surface area contributed by atoms with E-state index in [2.05, 4.69) is 12.1 Å². The van der Waals surface area contributed by atoms with E-state index in [4.69, 9.17) is 9.47 Å². The van der Waals surface area contributed by atoms with Gasteiger partial charge in [0.1, 0.15) is 12.3 Å². The van der Waals surface area contributed by atoms with E-state index in [0.29, 0.717) is 6.61 Å². The van der Waals surface area contributed by atoms with Gasteiger partial charge in [-0.3, -0.25) is 4.79 Å². The standard InChI is InChI=1S/C27H25NO3/c1-30-27(29)20-28-25(22-10-6-3-7-11-22)16-17-26(28)23-12-14-24(15-13-23)31-19-18-21-8-4-2-5-9-21/h2-17H,18-20H2,1H3. The molecule has 3 aromatic carbocycles. The van der Waals surface area contributed by atoms with Gasteiger partial charge in [0.2, 0.25) is 0 Å². The first kappa shape index (κ1) is 20.5. The number of nitrogens with zero attached hydrogens (tertiary/aromatic N) is 1. The van der Waals surface area contributed by atoms with Crippen LogP contribution in [-0.2, 0) is 22.5 Å². The van der Waals surface area contributed by atoms with Gasteiger partial charge in [-0.1, -0.05) is 60.7 Å². The van der Waals surface area contributed by atoms with Gasteiger partial charge in [0.05, 0.1) is 13.7 Å². The summed E-state index contributed by atoms with van der Waals surface area (Å²) in [5.41, 5.74) is 5.26. The molecule has 4 nitrogen and oxygen atoms in total. The zero-order valence-corrected chi connectivity index (χ0v) is 17.5. The molecule has 0 aliphatic carbocycles. The molecule has 31 heavy (non-hydrogen) atoms. The summed E-state index contributed by atoms with van der Waals surface area (Å²) in [5, 5.41) is 0. The number of hydrogen-bond acceptors (Lipinski definition) is 3. The molecule has 4 aromatic rings. The zero-order valence-electron chi connectivity index (χ0n) is 17.5. The molecule has 4 rings (SSSR count). The molecule has 0 radical (unpaired) electrons. The van der Waals surface area contributed by atoms with Crippen molar-refractivity contribution in [1.29, 1.82) is 0 Å². The number of carbonyl (C=O) groups is 1. The SMILES string of the molecule is COC(=O)Cn1c(-c2ccccc2)ccc1-c1ccc(OCCc2ccccc2)cc1. The van der Waals surface area contributed by atoms with Gasteiger partial charge in [-0.05, 0) is 53.1 Å². The fourth-order valence-electron chi connectivity index (χ4n) is 3.60. The van der Waals surface area contributed by atoms with Crippen LogP contribution in [0.1, 0.15) is 5.56 Å². The zero-order chi connectivity index (χ0) is 21.5. The maximum absolute atomic E-state index is 12.1. The second-order valence-electron chi connectivity index (χ2n) is 7.24. The fourth-order valence-corrected chi connectivity index (χ4v) is 3.60. The molecule has 0 unspecified atom stereocenters. The van der Waals surface area contributed by atoms with E-state index >= 15 is 0 Å². The Hall–Kier alpha value is -3.79. The van der Waals surface area contributed by atoms with Crippen molar-refractivity contribution in [2.45, 2.75) is 13.0 Å². The third-order valence-electron chi connectivity index (χ3n) is 5.22. The number of aromatic nitrogens is 1. The van der Waals surface area contributed by atoms with Gasteiger partial charge >= 0.3 is 5.97 Å². The van der Waals surface area contributed by atoms with Crippen LogP contribution in [0.2, 0.25) is 0 Å². The predicted molar refractivity (Wildman–Crippen MR) is 123 cm³/mol. The van der Waals surface area contributed by atoms with Crippen molar-refractivity contribution in [1.82, 2.24) is 4.57 Å². The number of methoxy groups -OCH3 is 1. The summed E-state index contributed by atoms with van der Waals surface area (Å²) in [6.45, 7) is 0.776. The van der Waals surface area contributed by atoms with Gasteiger partial charge < -0.3 is 14.0 Å². The van der Waals surface area contributed by atoms with Gasteiger partial charge in [-0.25, -0.2) is 0 Å². The van der Waals surface area contributed by atoms with Crippen LogP contribution in [0.15, 0.2) is 97.1 Å². The van der Waals surface area contributed by atoms with Crippen LogP contribution in [0.25, 0.3) is 22.5 Å². The molecule has 0 fully saturated rings. The Morgan fingerprint density at radius 1 is 0.742 bits per heavy atom. The first-order chi connectivity index (χ1) is 15.2. The molecule has 0 saturated heterocycles. The Morgan fingerprint density at radius 3 is 1.94 bits per heavy atom. The highest BCUT2D eigenvalue weighted by molar-refractivity contribution is 5.75. The van der Waals surface area contributed by atoms with E-state index in [1.807, 2.05) is 89.5 Å². The van der Waals surface area contributed by atoms with Crippen molar-refractivity contribution in [3.8, 4) is 28.3 Å². The normalized spacial score (nSPS) is 10.6. The molecule has 0 amide bonds. The van der Waals surface area contributed by atoms with Crippen molar-refractivity contribution in [2.75, 3.05) is 13.7 Å². The second kappa shape index (κ2) is 9.81. The van der Waals surface area contributed by atoms with E-state index in [9.17, 15) is 4.79 Å². The summed E-state index contributed by atoms with van der Waals surface area (Å²) >= 11 is 0. The molecule has 0 aliphatic heterocycles. The van der Waals surface area contributed by atoms with E-state index in [1.165, 1.54) is 12.7 Å². The number of esters is 1. The van der Waals surface area contributed by atoms with Gasteiger partial charge in [0, 0.05) is 17.8 Å². The molecule has 0 spiro atoms. The summed E-state index contributed by atoms with van der Waals surface area (Å²) in [5.74, 6) is 0.546. The first-order valence-electron chi connectivity index (χ1n) is 10.3. The average Bonchev–Trinajstić information content (AvgIpc) is 3.24. The summed E-state index contributed by atoms with van der Waals surface area (Å²) in [6, 6.07) is 32.4. The number of ether oxygens (including phenoxy) is 2. The van der Waals surface area contributed by atoms with Crippen molar-refractivity contribution >= 4 is 5.97 Å². The Bertz CT molecular complexity index is 1120. The minimum atomic E-state index is -0.282. The lowest BCUT2D eigenvalue weighted by atomic mass is 10.1. The highest BCUT2D eigenvalue weighted by Gasteiger charge is 2.15. The molecule has 1 aromatic heterocycles. The summed E-state index contributed by atoms with van der Waals surface area (Å²) in [7, 11) is 1.41. The van der Waals surface area contributed by atoms with Crippen LogP contribution < -0.4 is 4.74 Å². The van der Waals surface area contributed by atoms with Crippen molar-refractivity contribution in [3.63, 3.8) is 0 Å². The Kier molecular flexibility index (Phi) is 6.48. The topological polar surface area (TPSA) is 40.5 Å². The van der Waals surface area contributed by atoms with Crippen molar-refractivity contribution in [2.24, 2.45) is 0 Å². The second-order valence-corrected chi connectivity index (χ2v) is 7.24. The number of benzene rings is 3. The van der Waals surface area contributed by atoms with Gasteiger partial charge in [0.25, 0.3) is 0 Å². The lowest BCUT2D eigenvalue weighted by molar-refractivity contribution is -0.141. The van der Waals surface area contributed by atoms with Crippen LogP contribution in [0.4, 0.5) is 0 Å². The van der Waals surface area contributed by atoms with Crippen molar-refractivity contribution < 1.29 is 14.3 Å². The molecule has 1 heterocycles. The highest BCUT2D eigenvalue weighted by Crippen LogP contribution is 2.30. The van der Waals surface area contributed by atoms with Gasteiger partial charge in [-0.2, -0.15) is 0 Å². The molecular formula is C27H25NO3.